The van der Waals surface area contributed by atoms with Gasteiger partial charge in [0, 0.05) is 23.3 Å². The molecule has 1 aliphatic rings. The summed E-state index contributed by atoms with van der Waals surface area (Å²) in [5.74, 6) is 0. The lowest BCUT2D eigenvalue weighted by Crippen LogP contribution is -2.41. The van der Waals surface area contributed by atoms with Crippen molar-refractivity contribution >= 4 is 12.0 Å². The average Bonchev–Trinajstić information content (AvgIpc) is 2.68. The summed E-state index contributed by atoms with van der Waals surface area (Å²) < 4.78 is 0. The molecule has 0 aliphatic carbocycles. The summed E-state index contributed by atoms with van der Waals surface area (Å²) in [7, 11) is 0. The molecule has 1 aromatic rings. The topological polar surface area (TPSA) is 20.3 Å². The monoisotopic (exact) mass is 287 g/mol. The third kappa shape index (κ3) is 3.48. The number of aryl methyl sites for hydroxylation is 1. The normalized spacial score (nSPS) is 16.1. The number of hydrogen-bond donors (Lipinski definition) is 0. The quantitative estimate of drug-likeness (QED) is 0.524. The van der Waals surface area contributed by atoms with Crippen LogP contribution < -0.4 is 4.90 Å². The highest BCUT2D eigenvalue weighted by Gasteiger charge is 2.35. The molecule has 0 saturated heterocycles. The van der Waals surface area contributed by atoms with Gasteiger partial charge in [0.15, 0.2) is 0 Å². The minimum atomic E-state index is 0.168. The van der Waals surface area contributed by atoms with Gasteiger partial charge in [-0.05, 0) is 56.9 Å². The third-order valence-corrected chi connectivity index (χ3v) is 4.72. The maximum atomic E-state index is 11.1. The van der Waals surface area contributed by atoms with Gasteiger partial charge in [-0.2, -0.15) is 0 Å². The minimum absolute atomic E-state index is 0.168. The van der Waals surface area contributed by atoms with Crippen LogP contribution in [0, 0.1) is 6.92 Å². The van der Waals surface area contributed by atoms with Crippen LogP contribution in [0.3, 0.4) is 0 Å². The molecule has 0 atom stereocenters. The van der Waals surface area contributed by atoms with Gasteiger partial charge in [-0.15, -0.1) is 0 Å². The zero-order chi connectivity index (χ0) is 15.5. The lowest BCUT2D eigenvalue weighted by molar-refractivity contribution is 0.112. The number of benzene rings is 1. The van der Waals surface area contributed by atoms with E-state index in [0.29, 0.717) is 0 Å². The molecule has 0 saturated carbocycles. The fourth-order valence-electron chi connectivity index (χ4n) is 3.46. The van der Waals surface area contributed by atoms with Crippen molar-refractivity contribution < 1.29 is 4.79 Å². The molecular formula is C19H29NO. The van der Waals surface area contributed by atoms with Crippen LogP contribution in [-0.2, 0) is 6.42 Å². The van der Waals surface area contributed by atoms with E-state index in [0.717, 1.165) is 30.4 Å². The smallest absolute Gasteiger partial charge is 0.150 e. The molecule has 0 fully saturated rings. The molecule has 1 aromatic carbocycles. The molecule has 0 bridgehead atoms. The molecule has 21 heavy (non-hydrogen) atoms. The Morgan fingerprint density at radius 1 is 1.19 bits per heavy atom. The SMILES string of the molecule is CCCCCCCN1c2cc(C)c(C=O)cc2CC1(C)C. The van der Waals surface area contributed by atoms with Crippen LogP contribution in [0.25, 0.3) is 0 Å². The van der Waals surface area contributed by atoms with Crippen LogP contribution in [0.4, 0.5) is 5.69 Å². The van der Waals surface area contributed by atoms with Gasteiger partial charge in [0.2, 0.25) is 0 Å². The number of unbranched alkanes of at least 4 members (excludes halogenated alkanes) is 4. The summed E-state index contributed by atoms with van der Waals surface area (Å²) in [5.41, 5.74) is 4.78. The van der Waals surface area contributed by atoms with Crippen LogP contribution in [0.15, 0.2) is 12.1 Å². The Hall–Kier alpha value is -1.31. The molecule has 0 spiro atoms. The largest absolute Gasteiger partial charge is 0.366 e. The second-order valence-corrected chi connectivity index (χ2v) is 7.01. The Kier molecular flexibility index (Phi) is 5.08. The fraction of sp³-hybridized carbons (Fsp3) is 0.632. The number of hydrogen-bond acceptors (Lipinski definition) is 2. The Bertz CT molecular complexity index is 505. The minimum Gasteiger partial charge on any atom is -0.366 e. The van der Waals surface area contributed by atoms with Crippen molar-refractivity contribution in [3.8, 4) is 0 Å². The van der Waals surface area contributed by atoms with Crippen molar-refractivity contribution in [2.24, 2.45) is 0 Å². The Morgan fingerprint density at radius 2 is 1.90 bits per heavy atom. The Balaban J connectivity index is 2.11. The molecule has 2 nitrogen and oxygen atoms in total. The molecule has 1 aliphatic heterocycles. The van der Waals surface area contributed by atoms with Crippen molar-refractivity contribution in [2.75, 3.05) is 11.4 Å². The van der Waals surface area contributed by atoms with Crippen LogP contribution in [0.2, 0.25) is 0 Å². The summed E-state index contributed by atoms with van der Waals surface area (Å²) in [6.07, 6.45) is 8.60. The van der Waals surface area contributed by atoms with E-state index < -0.39 is 0 Å². The van der Waals surface area contributed by atoms with E-state index in [1.54, 1.807) is 0 Å². The van der Waals surface area contributed by atoms with E-state index in [1.807, 2.05) is 6.92 Å². The Morgan fingerprint density at radius 3 is 2.57 bits per heavy atom. The predicted molar refractivity (Wildman–Crippen MR) is 90.5 cm³/mol. The molecule has 1 heterocycles. The van der Waals surface area contributed by atoms with Crippen LogP contribution in [0.5, 0.6) is 0 Å². The van der Waals surface area contributed by atoms with Gasteiger partial charge in [-0.1, -0.05) is 32.6 Å². The Labute approximate surface area is 129 Å². The molecule has 2 heteroatoms. The second kappa shape index (κ2) is 6.64. The van der Waals surface area contributed by atoms with Gasteiger partial charge < -0.3 is 4.90 Å². The van der Waals surface area contributed by atoms with Gasteiger partial charge in [0.05, 0.1) is 0 Å². The lowest BCUT2D eigenvalue weighted by atomic mass is 9.97. The van der Waals surface area contributed by atoms with Crippen molar-refractivity contribution in [1.82, 2.24) is 0 Å². The zero-order valence-corrected chi connectivity index (χ0v) is 14.0. The third-order valence-electron chi connectivity index (χ3n) is 4.72. The van der Waals surface area contributed by atoms with Crippen molar-refractivity contribution in [3.63, 3.8) is 0 Å². The number of rotatable bonds is 7. The molecule has 0 amide bonds. The highest BCUT2D eigenvalue weighted by molar-refractivity contribution is 5.80. The summed E-state index contributed by atoms with van der Waals surface area (Å²) >= 11 is 0. The maximum absolute atomic E-state index is 11.1. The molecule has 0 aromatic heterocycles. The fourth-order valence-corrected chi connectivity index (χ4v) is 3.46. The van der Waals surface area contributed by atoms with Crippen LogP contribution in [0.1, 0.15) is 74.4 Å². The van der Waals surface area contributed by atoms with E-state index in [1.165, 1.54) is 43.4 Å². The van der Waals surface area contributed by atoms with E-state index in [9.17, 15) is 4.79 Å². The van der Waals surface area contributed by atoms with Crippen LogP contribution in [-0.4, -0.2) is 18.4 Å². The number of nitrogens with zero attached hydrogens (tertiary/aromatic N) is 1. The van der Waals surface area contributed by atoms with Gasteiger partial charge in [0.25, 0.3) is 0 Å². The lowest BCUT2D eigenvalue weighted by Gasteiger charge is -2.34. The highest BCUT2D eigenvalue weighted by atomic mass is 16.1. The predicted octanol–water partition coefficient (Wildman–Crippen LogP) is 4.92. The summed E-state index contributed by atoms with van der Waals surface area (Å²) in [4.78, 5) is 13.7. The molecule has 116 valence electrons. The number of aldehydes is 1. The highest BCUT2D eigenvalue weighted by Crippen LogP contribution is 2.40. The first kappa shape index (κ1) is 16.1. The number of carbonyl (C=O) groups excluding carboxylic acids is 1. The first-order chi connectivity index (χ1) is 9.99. The number of carbonyl (C=O) groups is 1. The van der Waals surface area contributed by atoms with Crippen LogP contribution >= 0.6 is 0 Å². The molecule has 2 rings (SSSR count). The van der Waals surface area contributed by atoms with E-state index in [-0.39, 0.29) is 5.54 Å². The van der Waals surface area contributed by atoms with Gasteiger partial charge in [0.1, 0.15) is 6.29 Å². The van der Waals surface area contributed by atoms with E-state index in [2.05, 4.69) is 37.8 Å². The van der Waals surface area contributed by atoms with Crippen molar-refractivity contribution in [3.05, 3.63) is 28.8 Å². The summed E-state index contributed by atoms with van der Waals surface area (Å²) in [6, 6.07) is 4.30. The van der Waals surface area contributed by atoms with Gasteiger partial charge in [-0.3, -0.25) is 4.79 Å². The standard InChI is InChI=1S/C19H29NO/c1-5-6-7-8-9-10-20-18-11-15(2)17(14-21)12-16(18)13-19(20,3)4/h11-12,14H,5-10,13H2,1-4H3. The van der Waals surface area contributed by atoms with Gasteiger partial charge in [-0.25, -0.2) is 0 Å². The molecule has 0 N–H and O–H groups in total. The first-order valence-corrected chi connectivity index (χ1v) is 8.36. The average molecular weight is 287 g/mol. The van der Waals surface area contributed by atoms with E-state index in [4.69, 9.17) is 0 Å². The first-order valence-electron chi connectivity index (χ1n) is 8.36. The number of fused-ring (bicyclic) bond motifs is 1. The number of anilines is 1. The molecule has 0 unspecified atom stereocenters. The van der Waals surface area contributed by atoms with Crippen molar-refractivity contribution in [2.45, 2.75) is 71.8 Å². The molecule has 0 radical (unpaired) electrons. The zero-order valence-electron chi connectivity index (χ0n) is 14.0. The van der Waals surface area contributed by atoms with Gasteiger partial charge >= 0.3 is 0 Å². The molecular weight excluding hydrogens is 258 g/mol. The van der Waals surface area contributed by atoms with E-state index >= 15 is 0 Å². The maximum Gasteiger partial charge on any atom is 0.150 e. The van der Waals surface area contributed by atoms with Crippen molar-refractivity contribution in [1.29, 1.82) is 0 Å². The second-order valence-electron chi connectivity index (χ2n) is 7.01. The summed E-state index contributed by atoms with van der Waals surface area (Å²) in [5, 5.41) is 0. The summed E-state index contributed by atoms with van der Waals surface area (Å²) in [6.45, 7) is 10.1.